The molecule has 6 nitrogen and oxygen atoms in total. The molecule has 0 radical (unpaired) electrons. The van der Waals surface area contributed by atoms with Crippen molar-refractivity contribution in [2.24, 2.45) is 0 Å². The monoisotopic (exact) mass is 270 g/mol. The van der Waals surface area contributed by atoms with Gasteiger partial charge < -0.3 is 15.5 Å². The molecule has 2 N–H and O–H groups in total. The van der Waals surface area contributed by atoms with Crippen LogP contribution in [-0.2, 0) is 0 Å². The van der Waals surface area contributed by atoms with Crippen LogP contribution in [0, 0.1) is 6.92 Å². The van der Waals surface area contributed by atoms with E-state index in [1.807, 2.05) is 31.3 Å². The average molecular weight is 270 g/mol. The smallest absolute Gasteiger partial charge is 0.137 e. The van der Waals surface area contributed by atoms with Gasteiger partial charge in [0.05, 0.1) is 0 Å². The fourth-order valence-electron chi connectivity index (χ4n) is 2.46. The number of pyridine rings is 1. The second-order valence-electron chi connectivity index (χ2n) is 4.87. The molecule has 1 aliphatic heterocycles. The van der Waals surface area contributed by atoms with Crippen molar-refractivity contribution in [3.8, 4) is 0 Å². The van der Waals surface area contributed by atoms with E-state index in [4.69, 9.17) is 5.73 Å². The lowest BCUT2D eigenvalue weighted by Crippen LogP contribution is -2.47. The molecular weight excluding hydrogens is 252 g/mol. The Kier molecular flexibility index (Phi) is 3.37. The van der Waals surface area contributed by atoms with Crippen molar-refractivity contribution in [3.05, 3.63) is 36.3 Å². The summed E-state index contributed by atoms with van der Waals surface area (Å²) in [5, 5.41) is 0. The molecule has 2 aromatic rings. The highest BCUT2D eigenvalue weighted by Crippen LogP contribution is 2.22. The minimum atomic E-state index is 0.558. The number of nitrogens with two attached hydrogens (primary N) is 1. The molecule has 0 aromatic carbocycles. The van der Waals surface area contributed by atoms with Gasteiger partial charge in [0.25, 0.3) is 0 Å². The predicted molar refractivity (Wildman–Crippen MR) is 79.8 cm³/mol. The summed E-state index contributed by atoms with van der Waals surface area (Å²) in [6.07, 6.45) is 3.36. The largest absolute Gasteiger partial charge is 0.383 e. The van der Waals surface area contributed by atoms with Crippen molar-refractivity contribution in [1.82, 2.24) is 15.0 Å². The lowest BCUT2D eigenvalue weighted by molar-refractivity contribution is 0.640. The van der Waals surface area contributed by atoms with E-state index >= 15 is 0 Å². The highest BCUT2D eigenvalue weighted by atomic mass is 15.3. The minimum Gasteiger partial charge on any atom is -0.383 e. The van der Waals surface area contributed by atoms with Crippen LogP contribution < -0.4 is 15.5 Å². The molecule has 6 heteroatoms. The van der Waals surface area contributed by atoms with Gasteiger partial charge in [0, 0.05) is 37.9 Å². The van der Waals surface area contributed by atoms with Gasteiger partial charge in [0.2, 0.25) is 0 Å². The molecule has 104 valence electrons. The molecule has 0 unspecified atom stereocenters. The molecule has 0 saturated carbocycles. The molecule has 1 fully saturated rings. The Balaban J connectivity index is 1.71. The summed E-state index contributed by atoms with van der Waals surface area (Å²) in [5.41, 5.74) is 6.80. The maximum Gasteiger partial charge on any atom is 0.137 e. The molecule has 0 amide bonds. The molecule has 0 aliphatic carbocycles. The molecule has 0 bridgehead atoms. The van der Waals surface area contributed by atoms with Crippen molar-refractivity contribution >= 4 is 17.5 Å². The molecule has 0 spiro atoms. The lowest BCUT2D eigenvalue weighted by atomic mass is 10.2. The lowest BCUT2D eigenvalue weighted by Gasteiger charge is -2.36. The van der Waals surface area contributed by atoms with Crippen LogP contribution in [0.4, 0.5) is 17.5 Å². The Morgan fingerprint density at radius 2 is 1.75 bits per heavy atom. The summed E-state index contributed by atoms with van der Waals surface area (Å²) in [6.45, 7) is 5.65. The molecule has 3 rings (SSSR count). The van der Waals surface area contributed by atoms with E-state index in [0.717, 1.165) is 43.4 Å². The van der Waals surface area contributed by atoms with Crippen molar-refractivity contribution < 1.29 is 0 Å². The molecule has 3 heterocycles. The summed E-state index contributed by atoms with van der Waals surface area (Å²) in [6, 6.07) is 6.00. The van der Waals surface area contributed by atoms with Gasteiger partial charge in [-0.3, -0.25) is 0 Å². The molecular formula is C14H18N6. The van der Waals surface area contributed by atoms with Crippen LogP contribution >= 0.6 is 0 Å². The third kappa shape index (κ3) is 2.36. The van der Waals surface area contributed by atoms with E-state index in [1.165, 1.54) is 6.33 Å². The summed E-state index contributed by atoms with van der Waals surface area (Å²) in [7, 11) is 0. The van der Waals surface area contributed by atoms with Gasteiger partial charge in [-0.15, -0.1) is 0 Å². The Bertz CT molecular complexity index is 577. The first-order valence-corrected chi connectivity index (χ1v) is 6.73. The normalized spacial score (nSPS) is 15.4. The number of anilines is 3. The van der Waals surface area contributed by atoms with E-state index in [1.54, 1.807) is 0 Å². The maximum absolute atomic E-state index is 5.85. The number of aromatic nitrogens is 3. The first-order valence-electron chi connectivity index (χ1n) is 6.73. The van der Waals surface area contributed by atoms with Gasteiger partial charge in [-0.05, 0) is 19.1 Å². The maximum atomic E-state index is 5.85. The first-order chi connectivity index (χ1) is 9.75. The van der Waals surface area contributed by atoms with E-state index in [9.17, 15) is 0 Å². The van der Waals surface area contributed by atoms with Crippen molar-refractivity contribution in [1.29, 1.82) is 0 Å². The van der Waals surface area contributed by atoms with Crippen LogP contribution in [0.5, 0.6) is 0 Å². The average Bonchev–Trinajstić information content (AvgIpc) is 2.51. The van der Waals surface area contributed by atoms with Crippen LogP contribution in [0.3, 0.4) is 0 Å². The van der Waals surface area contributed by atoms with Crippen LogP contribution in [-0.4, -0.2) is 41.1 Å². The van der Waals surface area contributed by atoms with Crippen LogP contribution in [0.15, 0.2) is 30.7 Å². The third-order valence-electron chi connectivity index (χ3n) is 3.65. The summed E-state index contributed by atoms with van der Waals surface area (Å²) in [4.78, 5) is 17.3. The summed E-state index contributed by atoms with van der Waals surface area (Å²) >= 11 is 0. The highest BCUT2D eigenvalue weighted by Gasteiger charge is 2.20. The zero-order chi connectivity index (χ0) is 13.9. The van der Waals surface area contributed by atoms with E-state index in [-0.39, 0.29) is 0 Å². The first kappa shape index (κ1) is 12.7. The van der Waals surface area contributed by atoms with E-state index in [2.05, 4.69) is 24.8 Å². The number of rotatable bonds is 2. The Hall–Kier alpha value is -2.37. The van der Waals surface area contributed by atoms with Crippen LogP contribution in [0.1, 0.15) is 5.56 Å². The van der Waals surface area contributed by atoms with Crippen LogP contribution in [0.25, 0.3) is 0 Å². The second kappa shape index (κ2) is 5.32. The van der Waals surface area contributed by atoms with Gasteiger partial charge in [0.15, 0.2) is 0 Å². The van der Waals surface area contributed by atoms with Crippen molar-refractivity contribution in [2.75, 3.05) is 41.7 Å². The fraction of sp³-hybridized carbons (Fsp3) is 0.357. The zero-order valence-electron chi connectivity index (χ0n) is 11.5. The standard InChI is InChI=1S/C14H18N6/c1-11-13(15)17-10-18-14(11)20-8-6-19(7-9-20)12-4-2-3-5-16-12/h2-5,10H,6-9H2,1H3,(H2,15,17,18). The number of nitrogen functional groups attached to an aromatic ring is 1. The minimum absolute atomic E-state index is 0.558. The van der Waals surface area contributed by atoms with Crippen molar-refractivity contribution in [2.45, 2.75) is 6.92 Å². The van der Waals surface area contributed by atoms with Gasteiger partial charge in [0.1, 0.15) is 23.8 Å². The SMILES string of the molecule is Cc1c(N)ncnc1N1CCN(c2ccccn2)CC1. The highest BCUT2D eigenvalue weighted by molar-refractivity contribution is 5.56. The number of piperazine rings is 1. The van der Waals surface area contributed by atoms with E-state index in [0.29, 0.717) is 5.82 Å². The molecule has 1 saturated heterocycles. The third-order valence-corrected chi connectivity index (χ3v) is 3.65. The predicted octanol–water partition coefficient (Wildman–Crippen LogP) is 1.09. The van der Waals surface area contributed by atoms with Crippen LogP contribution in [0.2, 0.25) is 0 Å². The molecule has 0 atom stereocenters. The quantitative estimate of drug-likeness (QED) is 0.880. The molecule has 1 aliphatic rings. The molecule has 20 heavy (non-hydrogen) atoms. The Morgan fingerprint density at radius 1 is 1.00 bits per heavy atom. The van der Waals surface area contributed by atoms with Gasteiger partial charge in [-0.25, -0.2) is 15.0 Å². The van der Waals surface area contributed by atoms with Gasteiger partial charge in [-0.1, -0.05) is 6.07 Å². The second-order valence-corrected chi connectivity index (χ2v) is 4.87. The number of hydrogen-bond donors (Lipinski definition) is 1. The van der Waals surface area contributed by atoms with Gasteiger partial charge >= 0.3 is 0 Å². The Labute approximate surface area is 118 Å². The number of nitrogens with zero attached hydrogens (tertiary/aromatic N) is 5. The number of hydrogen-bond acceptors (Lipinski definition) is 6. The summed E-state index contributed by atoms with van der Waals surface area (Å²) < 4.78 is 0. The van der Waals surface area contributed by atoms with Gasteiger partial charge in [-0.2, -0.15) is 0 Å². The van der Waals surface area contributed by atoms with E-state index < -0.39 is 0 Å². The molecule has 2 aromatic heterocycles. The Morgan fingerprint density at radius 3 is 2.45 bits per heavy atom. The van der Waals surface area contributed by atoms with Crippen molar-refractivity contribution in [3.63, 3.8) is 0 Å². The fourth-order valence-corrected chi connectivity index (χ4v) is 2.46. The summed E-state index contributed by atoms with van der Waals surface area (Å²) in [5.74, 6) is 2.53. The topological polar surface area (TPSA) is 71.2 Å². The zero-order valence-corrected chi connectivity index (χ0v) is 11.5.